The summed E-state index contributed by atoms with van der Waals surface area (Å²) in [5.74, 6) is 0.775. The number of aryl methyl sites for hydroxylation is 1. The van der Waals surface area contributed by atoms with Gasteiger partial charge in [-0.25, -0.2) is 0 Å². The highest BCUT2D eigenvalue weighted by Crippen LogP contribution is 2.20. The van der Waals surface area contributed by atoms with Crippen molar-refractivity contribution in [3.8, 4) is 0 Å². The van der Waals surface area contributed by atoms with E-state index in [0.717, 1.165) is 24.9 Å². The number of benzene rings is 1. The second-order valence-corrected chi connectivity index (χ2v) is 7.57. The number of nitrogens with zero attached hydrogens (tertiary/aromatic N) is 2. The molecule has 0 bridgehead atoms. The van der Waals surface area contributed by atoms with Crippen LogP contribution in [0.15, 0.2) is 24.3 Å². The maximum absolute atomic E-state index is 2.75. The first-order valence-electron chi connectivity index (χ1n) is 9.66. The van der Waals surface area contributed by atoms with Gasteiger partial charge in [-0.3, -0.25) is 4.90 Å². The Kier molecular flexibility index (Phi) is 7.58. The van der Waals surface area contributed by atoms with Crippen molar-refractivity contribution >= 4 is 0 Å². The second kappa shape index (κ2) is 9.44. The van der Waals surface area contributed by atoms with Crippen LogP contribution in [-0.2, 0) is 13.0 Å². The summed E-state index contributed by atoms with van der Waals surface area (Å²) >= 11 is 0. The Morgan fingerprint density at radius 2 is 1.65 bits per heavy atom. The van der Waals surface area contributed by atoms with Crippen LogP contribution in [0.1, 0.15) is 58.1 Å². The zero-order chi connectivity index (χ0) is 16.7. The van der Waals surface area contributed by atoms with Gasteiger partial charge in [0.25, 0.3) is 0 Å². The summed E-state index contributed by atoms with van der Waals surface area (Å²) in [4.78, 5) is 5.38. The molecule has 0 atom stereocenters. The fourth-order valence-corrected chi connectivity index (χ4v) is 3.76. The lowest BCUT2D eigenvalue weighted by molar-refractivity contribution is 0.0952. The van der Waals surface area contributed by atoms with Crippen LogP contribution in [0.2, 0.25) is 0 Å². The summed E-state index contributed by atoms with van der Waals surface area (Å²) in [6.07, 6.45) is 5.07. The number of hydrogen-bond acceptors (Lipinski definition) is 2. The molecule has 0 aliphatic carbocycles. The Bertz CT molecular complexity index is 430. The minimum absolute atomic E-state index is 0.775. The van der Waals surface area contributed by atoms with Crippen molar-refractivity contribution in [2.75, 3.05) is 26.2 Å². The smallest absolute Gasteiger partial charge is 0.0233 e. The highest BCUT2D eigenvalue weighted by Gasteiger charge is 2.24. The summed E-state index contributed by atoms with van der Waals surface area (Å²) in [6.45, 7) is 15.4. The molecule has 0 saturated carbocycles. The number of piperidine rings is 1. The van der Waals surface area contributed by atoms with Crippen molar-refractivity contribution < 1.29 is 0 Å². The van der Waals surface area contributed by atoms with Gasteiger partial charge in [0.15, 0.2) is 0 Å². The molecule has 0 aromatic heterocycles. The van der Waals surface area contributed by atoms with Crippen molar-refractivity contribution in [1.29, 1.82) is 0 Å². The first kappa shape index (κ1) is 18.5. The quantitative estimate of drug-likeness (QED) is 0.692. The number of likely N-dealkylation sites (tertiary alicyclic amines) is 1. The summed E-state index contributed by atoms with van der Waals surface area (Å²) in [6, 6.07) is 10.00. The first-order valence-corrected chi connectivity index (χ1v) is 9.66. The van der Waals surface area contributed by atoms with Crippen LogP contribution in [-0.4, -0.2) is 42.0 Å². The summed E-state index contributed by atoms with van der Waals surface area (Å²) in [7, 11) is 0. The molecule has 0 unspecified atom stereocenters. The molecule has 1 aromatic carbocycles. The molecule has 2 nitrogen and oxygen atoms in total. The van der Waals surface area contributed by atoms with E-state index < -0.39 is 0 Å². The van der Waals surface area contributed by atoms with Gasteiger partial charge in [-0.15, -0.1) is 0 Å². The number of hydrogen-bond donors (Lipinski definition) is 0. The Morgan fingerprint density at radius 1 is 1.04 bits per heavy atom. The topological polar surface area (TPSA) is 6.48 Å². The lowest BCUT2D eigenvalue weighted by Crippen LogP contribution is -2.46. The van der Waals surface area contributed by atoms with Gasteiger partial charge < -0.3 is 4.90 Å². The fraction of sp³-hybridized carbons (Fsp3) is 0.714. The molecule has 0 N–H and O–H groups in total. The van der Waals surface area contributed by atoms with Crippen LogP contribution in [0.5, 0.6) is 0 Å². The van der Waals surface area contributed by atoms with E-state index in [0.29, 0.717) is 0 Å². The third-order valence-electron chi connectivity index (χ3n) is 5.02. The molecule has 1 saturated heterocycles. The Balaban J connectivity index is 1.82. The van der Waals surface area contributed by atoms with Crippen molar-refractivity contribution in [3.63, 3.8) is 0 Å². The zero-order valence-corrected chi connectivity index (χ0v) is 15.7. The minimum Gasteiger partial charge on any atom is -0.300 e. The molecule has 1 heterocycles. The van der Waals surface area contributed by atoms with Gasteiger partial charge in [0.1, 0.15) is 0 Å². The van der Waals surface area contributed by atoms with Gasteiger partial charge >= 0.3 is 0 Å². The third-order valence-corrected chi connectivity index (χ3v) is 5.02. The van der Waals surface area contributed by atoms with Gasteiger partial charge in [0, 0.05) is 19.1 Å². The Labute approximate surface area is 143 Å². The molecule has 130 valence electrons. The van der Waals surface area contributed by atoms with E-state index in [9.17, 15) is 0 Å². The molecule has 0 radical (unpaired) electrons. The van der Waals surface area contributed by atoms with Crippen molar-refractivity contribution in [2.24, 2.45) is 5.92 Å². The van der Waals surface area contributed by atoms with Gasteiger partial charge in [0.05, 0.1) is 0 Å². The van der Waals surface area contributed by atoms with Crippen molar-refractivity contribution in [2.45, 2.75) is 66.0 Å². The van der Waals surface area contributed by atoms with E-state index in [1.807, 2.05) is 0 Å². The molecular formula is C21H36N2. The fourth-order valence-electron chi connectivity index (χ4n) is 3.76. The molecule has 0 amide bonds. The van der Waals surface area contributed by atoms with Crippen LogP contribution < -0.4 is 0 Å². The largest absolute Gasteiger partial charge is 0.300 e. The normalized spacial score (nSPS) is 17.3. The summed E-state index contributed by atoms with van der Waals surface area (Å²) < 4.78 is 0. The van der Waals surface area contributed by atoms with E-state index in [1.165, 1.54) is 56.6 Å². The minimum atomic E-state index is 0.775. The van der Waals surface area contributed by atoms with E-state index in [2.05, 4.69) is 61.8 Å². The number of rotatable bonds is 8. The molecular weight excluding hydrogens is 280 g/mol. The highest BCUT2D eigenvalue weighted by atomic mass is 15.2. The summed E-state index contributed by atoms with van der Waals surface area (Å²) in [5.41, 5.74) is 2.91. The third kappa shape index (κ3) is 5.93. The van der Waals surface area contributed by atoms with Gasteiger partial charge in [-0.1, -0.05) is 52.0 Å². The maximum atomic E-state index is 2.75. The molecule has 1 fully saturated rings. The highest BCUT2D eigenvalue weighted by molar-refractivity contribution is 5.22. The van der Waals surface area contributed by atoms with Crippen LogP contribution >= 0.6 is 0 Å². The zero-order valence-electron chi connectivity index (χ0n) is 15.7. The molecule has 2 heteroatoms. The average molecular weight is 317 g/mol. The van der Waals surface area contributed by atoms with Crippen LogP contribution in [0.4, 0.5) is 0 Å². The monoisotopic (exact) mass is 316 g/mol. The van der Waals surface area contributed by atoms with E-state index in [4.69, 9.17) is 0 Å². The Hall–Kier alpha value is -0.860. The van der Waals surface area contributed by atoms with E-state index >= 15 is 0 Å². The van der Waals surface area contributed by atoms with Crippen molar-refractivity contribution in [3.05, 3.63) is 35.4 Å². The van der Waals surface area contributed by atoms with Crippen LogP contribution in [0.25, 0.3) is 0 Å². The standard InChI is InChI=1S/C21H36N2/c1-5-13-23(16-18(3)4)21-11-14-22(15-12-21)17-20-9-7-19(6-2)8-10-20/h7-10,18,21H,5-6,11-17H2,1-4H3. The second-order valence-electron chi connectivity index (χ2n) is 7.57. The van der Waals surface area contributed by atoms with Gasteiger partial charge in [-0.2, -0.15) is 0 Å². The van der Waals surface area contributed by atoms with Crippen LogP contribution in [0.3, 0.4) is 0 Å². The predicted molar refractivity (Wildman–Crippen MR) is 101 cm³/mol. The molecule has 2 rings (SSSR count). The SMILES string of the molecule is CCCN(CC(C)C)C1CCN(Cc2ccc(CC)cc2)CC1. The summed E-state index contributed by atoms with van der Waals surface area (Å²) in [5, 5.41) is 0. The predicted octanol–water partition coefficient (Wildman–Crippen LogP) is 4.58. The molecule has 1 aromatic rings. The molecule has 1 aliphatic rings. The van der Waals surface area contributed by atoms with Crippen molar-refractivity contribution in [1.82, 2.24) is 9.80 Å². The van der Waals surface area contributed by atoms with E-state index in [-0.39, 0.29) is 0 Å². The molecule has 1 aliphatic heterocycles. The van der Waals surface area contributed by atoms with E-state index in [1.54, 1.807) is 0 Å². The molecule has 23 heavy (non-hydrogen) atoms. The van der Waals surface area contributed by atoms with Crippen LogP contribution in [0, 0.1) is 5.92 Å². The first-order chi connectivity index (χ1) is 11.1. The lowest BCUT2D eigenvalue weighted by atomic mass is 10.0. The lowest BCUT2D eigenvalue weighted by Gasteiger charge is -2.39. The molecule has 0 spiro atoms. The average Bonchev–Trinajstić information content (AvgIpc) is 2.55. The Morgan fingerprint density at radius 3 is 2.17 bits per heavy atom. The maximum Gasteiger partial charge on any atom is 0.0233 e. The van der Waals surface area contributed by atoms with Gasteiger partial charge in [-0.05, 0) is 62.4 Å². The van der Waals surface area contributed by atoms with Gasteiger partial charge in [0.2, 0.25) is 0 Å².